The van der Waals surface area contributed by atoms with Gasteiger partial charge in [-0.2, -0.15) is 0 Å². The molecule has 1 atom stereocenters. The number of carbonyl (C=O) groups excluding carboxylic acids is 1. The van der Waals surface area contributed by atoms with E-state index in [9.17, 15) is 13.2 Å². The first-order valence-corrected chi connectivity index (χ1v) is 8.75. The number of nitrogens with zero attached hydrogens (tertiary/aromatic N) is 1. The molecule has 1 aromatic carbocycles. The third kappa shape index (κ3) is 2.43. The Morgan fingerprint density at radius 1 is 1.24 bits per heavy atom. The van der Waals surface area contributed by atoms with Gasteiger partial charge in [-0.1, -0.05) is 24.3 Å². The van der Waals surface area contributed by atoms with E-state index in [2.05, 4.69) is 0 Å². The van der Waals surface area contributed by atoms with Crippen molar-refractivity contribution in [3.05, 3.63) is 47.3 Å². The quantitative estimate of drug-likeness (QED) is 0.932. The molecule has 2 aromatic rings. The summed E-state index contributed by atoms with van der Waals surface area (Å²) in [6, 6.07) is 10.5. The molecule has 3 rings (SSSR count). The highest BCUT2D eigenvalue weighted by Gasteiger charge is 2.35. The van der Waals surface area contributed by atoms with Gasteiger partial charge in [0.25, 0.3) is 10.0 Å². The van der Waals surface area contributed by atoms with Crippen molar-refractivity contribution in [1.29, 1.82) is 0 Å². The first-order chi connectivity index (χ1) is 10.00. The van der Waals surface area contributed by atoms with Crippen molar-refractivity contribution in [1.82, 2.24) is 0 Å². The molecule has 0 radical (unpaired) electrons. The average molecular weight is 322 g/mol. The van der Waals surface area contributed by atoms with Gasteiger partial charge in [-0.25, -0.2) is 8.42 Å². The normalized spacial score (nSPS) is 18.3. The number of para-hydroxylation sites is 1. The monoisotopic (exact) mass is 322 g/mol. The summed E-state index contributed by atoms with van der Waals surface area (Å²) in [4.78, 5) is 11.5. The van der Waals surface area contributed by atoms with Gasteiger partial charge in [-0.05, 0) is 29.5 Å². The Balaban J connectivity index is 2.11. The van der Waals surface area contributed by atoms with Crippen LogP contribution in [-0.4, -0.2) is 20.9 Å². The maximum absolute atomic E-state index is 12.8. The number of nitrogens with two attached hydrogens (primary N) is 1. The van der Waals surface area contributed by atoms with E-state index in [1.54, 1.807) is 29.6 Å². The highest BCUT2D eigenvalue weighted by atomic mass is 32.2. The average Bonchev–Trinajstić information content (AvgIpc) is 3.00. The fourth-order valence-electron chi connectivity index (χ4n) is 2.49. The van der Waals surface area contributed by atoms with Crippen LogP contribution in [0.5, 0.6) is 0 Å². The number of primary amides is 1. The molecule has 2 N–H and O–H groups in total. The Labute approximate surface area is 127 Å². The van der Waals surface area contributed by atoms with Crippen molar-refractivity contribution in [3.8, 4) is 0 Å². The summed E-state index contributed by atoms with van der Waals surface area (Å²) in [5.74, 6) is -0.981. The maximum Gasteiger partial charge on any atom is 0.273 e. The number of thiophene rings is 1. The minimum atomic E-state index is -3.65. The van der Waals surface area contributed by atoms with Crippen molar-refractivity contribution in [2.24, 2.45) is 11.7 Å². The molecule has 5 nitrogen and oxygen atoms in total. The van der Waals surface area contributed by atoms with Gasteiger partial charge in [0.05, 0.1) is 11.6 Å². The van der Waals surface area contributed by atoms with E-state index in [1.807, 2.05) is 12.1 Å². The van der Waals surface area contributed by atoms with Gasteiger partial charge in [0, 0.05) is 6.54 Å². The zero-order valence-electron chi connectivity index (χ0n) is 11.1. The molecular formula is C14H14N2O3S2. The molecule has 0 aliphatic carbocycles. The lowest BCUT2D eigenvalue weighted by Crippen LogP contribution is -2.44. The first kappa shape index (κ1) is 14.1. The van der Waals surface area contributed by atoms with Crippen molar-refractivity contribution >= 4 is 33.0 Å². The number of amides is 1. The Morgan fingerprint density at radius 2 is 2.00 bits per heavy atom. The second-order valence-corrected chi connectivity index (χ2v) is 7.94. The van der Waals surface area contributed by atoms with Crippen LogP contribution in [0, 0.1) is 5.92 Å². The molecule has 1 aromatic heterocycles. The van der Waals surface area contributed by atoms with Crippen LogP contribution in [0.1, 0.15) is 5.56 Å². The second kappa shape index (κ2) is 5.16. The molecule has 7 heteroatoms. The number of hydrogen-bond acceptors (Lipinski definition) is 4. The third-order valence-electron chi connectivity index (χ3n) is 3.55. The summed E-state index contributed by atoms with van der Waals surface area (Å²) in [6.07, 6.45) is 0.474. The molecule has 1 amide bonds. The van der Waals surface area contributed by atoms with Crippen LogP contribution >= 0.6 is 11.3 Å². The van der Waals surface area contributed by atoms with Crippen molar-refractivity contribution in [2.45, 2.75) is 10.6 Å². The molecule has 1 aliphatic heterocycles. The van der Waals surface area contributed by atoms with Crippen LogP contribution in [-0.2, 0) is 21.2 Å². The summed E-state index contributed by atoms with van der Waals surface area (Å²) in [5, 5.41) is 1.72. The molecular weight excluding hydrogens is 308 g/mol. The Morgan fingerprint density at radius 3 is 2.67 bits per heavy atom. The Kier molecular flexibility index (Phi) is 3.46. The molecule has 0 fully saturated rings. The highest BCUT2D eigenvalue weighted by Crippen LogP contribution is 2.34. The van der Waals surface area contributed by atoms with Gasteiger partial charge >= 0.3 is 0 Å². The lowest BCUT2D eigenvalue weighted by molar-refractivity contribution is -0.121. The highest BCUT2D eigenvalue weighted by molar-refractivity contribution is 7.94. The summed E-state index contributed by atoms with van der Waals surface area (Å²) >= 11 is 1.16. The standard InChI is InChI=1S/C14H14N2O3S2/c15-14(17)11-8-10-4-1-2-5-12(10)16(9-11)21(18,19)13-6-3-7-20-13/h1-7,11H,8-9H2,(H2,15,17)/t11-/m0/s1. The minimum Gasteiger partial charge on any atom is -0.369 e. The number of sulfonamides is 1. The van der Waals surface area contributed by atoms with Crippen LogP contribution in [0.25, 0.3) is 0 Å². The van der Waals surface area contributed by atoms with E-state index >= 15 is 0 Å². The van der Waals surface area contributed by atoms with Crippen LogP contribution in [0.15, 0.2) is 46.0 Å². The molecule has 1 aliphatic rings. The van der Waals surface area contributed by atoms with Crippen LogP contribution in [0.3, 0.4) is 0 Å². The zero-order chi connectivity index (χ0) is 15.0. The predicted octanol–water partition coefficient (Wildman–Crippen LogP) is 1.60. The molecule has 2 heterocycles. The molecule has 110 valence electrons. The molecule has 0 unspecified atom stereocenters. The number of fused-ring (bicyclic) bond motifs is 1. The zero-order valence-corrected chi connectivity index (χ0v) is 12.7. The summed E-state index contributed by atoms with van der Waals surface area (Å²) < 4.78 is 27.1. The predicted molar refractivity (Wildman–Crippen MR) is 81.7 cm³/mol. The Bertz CT molecular complexity index is 769. The van der Waals surface area contributed by atoms with E-state index in [4.69, 9.17) is 5.73 Å². The van der Waals surface area contributed by atoms with E-state index in [-0.39, 0.29) is 10.8 Å². The van der Waals surface area contributed by atoms with E-state index in [1.165, 1.54) is 4.31 Å². The Hall–Kier alpha value is -1.86. The minimum absolute atomic E-state index is 0.0899. The van der Waals surface area contributed by atoms with Gasteiger partial charge in [0.1, 0.15) is 4.21 Å². The van der Waals surface area contributed by atoms with Crippen molar-refractivity contribution in [2.75, 3.05) is 10.8 Å². The molecule has 0 spiro atoms. The van der Waals surface area contributed by atoms with E-state index in [0.29, 0.717) is 12.1 Å². The van der Waals surface area contributed by atoms with E-state index in [0.717, 1.165) is 16.9 Å². The van der Waals surface area contributed by atoms with Crippen LogP contribution in [0.4, 0.5) is 5.69 Å². The van der Waals surface area contributed by atoms with Crippen molar-refractivity contribution < 1.29 is 13.2 Å². The lowest BCUT2D eigenvalue weighted by Gasteiger charge is -2.33. The smallest absolute Gasteiger partial charge is 0.273 e. The number of anilines is 1. The van der Waals surface area contributed by atoms with E-state index < -0.39 is 21.8 Å². The maximum atomic E-state index is 12.8. The van der Waals surface area contributed by atoms with Gasteiger partial charge in [0.2, 0.25) is 5.91 Å². The number of carbonyl (C=O) groups is 1. The molecule has 21 heavy (non-hydrogen) atoms. The fourth-order valence-corrected chi connectivity index (χ4v) is 5.14. The molecule has 0 saturated heterocycles. The third-order valence-corrected chi connectivity index (χ3v) is 6.71. The van der Waals surface area contributed by atoms with Gasteiger partial charge in [-0.15, -0.1) is 11.3 Å². The van der Waals surface area contributed by atoms with Gasteiger partial charge in [0.15, 0.2) is 0 Å². The second-order valence-electron chi connectivity index (χ2n) is 4.90. The number of rotatable bonds is 3. The summed E-state index contributed by atoms with van der Waals surface area (Å²) in [7, 11) is -3.65. The topological polar surface area (TPSA) is 80.5 Å². The fraction of sp³-hybridized carbons (Fsp3) is 0.214. The SMILES string of the molecule is NC(=O)[C@H]1Cc2ccccc2N(S(=O)(=O)c2cccs2)C1. The van der Waals surface area contributed by atoms with Crippen LogP contribution < -0.4 is 10.0 Å². The molecule has 0 bridgehead atoms. The summed E-state index contributed by atoms with van der Waals surface area (Å²) in [6.45, 7) is 0.0899. The van der Waals surface area contributed by atoms with Gasteiger partial charge < -0.3 is 5.73 Å². The molecule has 0 saturated carbocycles. The van der Waals surface area contributed by atoms with Crippen LogP contribution in [0.2, 0.25) is 0 Å². The summed E-state index contributed by atoms with van der Waals surface area (Å²) in [5.41, 5.74) is 6.85. The lowest BCUT2D eigenvalue weighted by atomic mass is 9.93. The number of hydrogen-bond donors (Lipinski definition) is 1. The largest absolute Gasteiger partial charge is 0.369 e. The van der Waals surface area contributed by atoms with Gasteiger partial charge in [-0.3, -0.25) is 9.10 Å². The van der Waals surface area contributed by atoms with Crippen molar-refractivity contribution in [3.63, 3.8) is 0 Å². The first-order valence-electron chi connectivity index (χ1n) is 6.43. The number of benzene rings is 1.